The minimum atomic E-state index is -0.269. The van der Waals surface area contributed by atoms with Gasteiger partial charge in [-0.2, -0.15) is 0 Å². The normalized spacial score (nSPS) is 14.1. The Hall–Kier alpha value is -2.89. The molecule has 0 unspecified atom stereocenters. The number of halogens is 1. The maximum Gasteiger partial charge on any atom is 0.222 e. The van der Waals surface area contributed by atoms with Crippen LogP contribution in [-0.4, -0.2) is 43.0 Å². The number of amides is 2. The topological polar surface area (TPSA) is 58.6 Å². The highest BCUT2D eigenvalue weighted by atomic mass is 19.1. The van der Waals surface area contributed by atoms with Gasteiger partial charge >= 0.3 is 0 Å². The maximum atomic E-state index is 13.3. The van der Waals surface area contributed by atoms with Gasteiger partial charge in [-0.15, -0.1) is 0 Å². The van der Waals surface area contributed by atoms with E-state index in [1.54, 1.807) is 6.07 Å². The van der Waals surface area contributed by atoms with Crippen LogP contribution in [0.4, 0.5) is 4.39 Å². The molecular formula is C28H37FN2O3. The molecule has 6 heteroatoms. The van der Waals surface area contributed by atoms with Gasteiger partial charge in [0, 0.05) is 32.5 Å². The van der Waals surface area contributed by atoms with Gasteiger partial charge in [0.25, 0.3) is 0 Å². The van der Waals surface area contributed by atoms with Gasteiger partial charge in [-0.05, 0) is 73.4 Å². The van der Waals surface area contributed by atoms with E-state index in [9.17, 15) is 14.0 Å². The molecule has 2 aromatic carbocycles. The zero-order chi connectivity index (χ0) is 24.2. The quantitative estimate of drug-likeness (QED) is 0.450. The van der Waals surface area contributed by atoms with Gasteiger partial charge in [0.2, 0.25) is 11.8 Å². The summed E-state index contributed by atoms with van der Waals surface area (Å²) in [4.78, 5) is 26.7. The minimum absolute atomic E-state index is 0.0791. The lowest BCUT2D eigenvalue weighted by Crippen LogP contribution is -2.39. The number of likely N-dealkylation sites (tertiary alicyclic amines) is 1. The summed E-state index contributed by atoms with van der Waals surface area (Å²) in [6, 6.07) is 14.5. The van der Waals surface area contributed by atoms with Crippen LogP contribution >= 0.6 is 0 Å². The number of ether oxygens (including phenoxy) is 1. The fourth-order valence-corrected chi connectivity index (χ4v) is 4.26. The van der Waals surface area contributed by atoms with Gasteiger partial charge in [0.05, 0.1) is 6.61 Å². The van der Waals surface area contributed by atoms with E-state index >= 15 is 0 Å². The van der Waals surface area contributed by atoms with Crippen LogP contribution in [0.5, 0.6) is 5.75 Å². The summed E-state index contributed by atoms with van der Waals surface area (Å²) in [5.41, 5.74) is 2.02. The summed E-state index contributed by atoms with van der Waals surface area (Å²) in [5.74, 6) is 1.12. The van der Waals surface area contributed by atoms with Crippen molar-refractivity contribution in [3.63, 3.8) is 0 Å². The summed E-state index contributed by atoms with van der Waals surface area (Å²) in [7, 11) is 0. The number of piperidine rings is 1. The van der Waals surface area contributed by atoms with Gasteiger partial charge in [-0.3, -0.25) is 9.59 Å². The highest BCUT2D eigenvalue weighted by Crippen LogP contribution is 2.21. The number of hydrogen-bond donors (Lipinski definition) is 1. The molecule has 1 aliphatic heterocycles. The lowest BCUT2D eigenvalue weighted by molar-refractivity contribution is -0.132. The number of benzene rings is 2. The molecule has 1 saturated heterocycles. The van der Waals surface area contributed by atoms with Crippen molar-refractivity contribution in [2.45, 2.75) is 58.3 Å². The van der Waals surface area contributed by atoms with E-state index in [1.165, 1.54) is 17.7 Å². The van der Waals surface area contributed by atoms with E-state index in [2.05, 4.69) is 24.4 Å². The first-order chi connectivity index (χ1) is 16.5. The number of nitrogens with one attached hydrogen (secondary N) is 1. The van der Waals surface area contributed by atoms with Gasteiger partial charge in [-0.1, -0.05) is 37.6 Å². The first-order valence-corrected chi connectivity index (χ1v) is 12.5. The van der Waals surface area contributed by atoms with Crippen molar-refractivity contribution >= 4 is 11.8 Å². The van der Waals surface area contributed by atoms with E-state index in [1.807, 2.05) is 23.1 Å². The SMILES string of the molecule is CCCCOc1ccc(CCNC(=O)CC2CCN(C(=O)CCc3cccc(F)c3)CC2)cc1. The highest BCUT2D eigenvalue weighted by molar-refractivity contribution is 5.77. The third-order valence-corrected chi connectivity index (χ3v) is 6.38. The van der Waals surface area contributed by atoms with E-state index in [0.717, 1.165) is 50.0 Å². The second-order valence-corrected chi connectivity index (χ2v) is 9.10. The Morgan fingerprint density at radius 3 is 2.53 bits per heavy atom. The van der Waals surface area contributed by atoms with Crippen molar-refractivity contribution in [1.29, 1.82) is 0 Å². The second kappa shape index (κ2) is 13.7. The number of carbonyl (C=O) groups is 2. The molecular weight excluding hydrogens is 431 g/mol. The van der Waals surface area contributed by atoms with Gasteiger partial charge < -0.3 is 15.0 Å². The van der Waals surface area contributed by atoms with Crippen molar-refractivity contribution in [3.8, 4) is 5.75 Å². The van der Waals surface area contributed by atoms with Crippen LogP contribution in [0.15, 0.2) is 48.5 Å². The van der Waals surface area contributed by atoms with Crippen LogP contribution in [0.1, 0.15) is 56.6 Å². The standard InChI is InChI=1S/C28H37FN2O3/c1-2-3-19-34-26-10-7-22(8-11-26)13-16-30-27(32)21-24-14-17-31(18-15-24)28(33)12-9-23-5-4-6-25(29)20-23/h4-8,10-11,20,24H,2-3,9,12-19,21H2,1H3,(H,30,32). The van der Waals surface area contributed by atoms with Crippen molar-refractivity contribution in [2.75, 3.05) is 26.2 Å². The molecule has 1 fully saturated rings. The first kappa shape index (κ1) is 25.7. The molecule has 184 valence electrons. The molecule has 2 aromatic rings. The fraction of sp³-hybridized carbons (Fsp3) is 0.500. The number of hydrogen-bond acceptors (Lipinski definition) is 3. The maximum absolute atomic E-state index is 13.3. The summed E-state index contributed by atoms with van der Waals surface area (Å²) in [6.45, 7) is 4.88. The predicted molar refractivity (Wildman–Crippen MR) is 132 cm³/mol. The summed E-state index contributed by atoms with van der Waals surface area (Å²) < 4.78 is 19.0. The molecule has 1 aliphatic rings. The number of unbranched alkanes of at least 4 members (excludes halogenated alkanes) is 1. The third kappa shape index (κ3) is 8.81. The summed E-state index contributed by atoms with van der Waals surface area (Å²) in [5, 5.41) is 3.03. The average Bonchev–Trinajstić information content (AvgIpc) is 2.84. The van der Waals surface area contributed by atoms with Gasteiger partial charge in [-0.25, -0.2) is 4.39 Å². The summed E-state index contributed by atoms with van der Waals surface area (Å²) in [6.07, 6.45) is 6.10. The van der Waals surface area contributed by atoms with Crippen LogP contribution < -0.4 is 10.1 Å². The fourth-order valence-electron chi connectivity index (χ4n) is 4.26. The molecule has 0 aromatic heterocycles. The number of aryl methyl sites for hydroxylation is 1. The average molecular weight is 469 g/mol. The molecule has 2 amide bonds. The Bertz CT molecular complexity index is 908. The predicted octanol–water partition coefficient (Wildman–Crippen LogP) is 4.92. The smallest absolute Gasteiger partial charge is 0.222 e. The molecule has 1 heterocycles. The Morgan fingerprint density at radius 2 is 1.82 bits per heavy atom. The molecule has 0 radical (unpaired) electrons. The van der Waals surface area contributed by atoms with Crippen molar-refractivity contribution < 1.29 is 18.7 Å². The van der Waals surface area contributed by atoms with Crippen LogP contribution in [-0.2, 0) is 22.4 Å². The van der Waals surface area contributed by atoms with Crippen molar-refractivity contribution in [2.24, 2.45) is 5.92 Å². The Labute approximate surface area is 202 Å². The molecule has 3 rings (SSSR count). The van der Waals surface area contributed by atoms with E-state index in [-0.39, 0.29) is 17.6 Å². The second-order valence-electron chi connectivity index (χ2n) is 9.10. The zero-order valence-corrected chi connectivity index (χ0v) is 20.2. The molecule has 0 spiro atoms. The van der Waals surface area contributed by atoms with Gasteiger partial charge in [0.15, 0.2) is 0 Å². The first-order valence-electron chi connectivity index (χ1n) is 12.5. The van der Waals surface area contributed by atoms with Crippen LogP contribution in [0.3, 0.4) is 0 Å². The van der Waals surface area contributed by atoms with Crippen LogP contribution in [0.2, 0.25) is 0 Å². The lowest BCUT2D eigenvalue weighted by Gasteiger charge is -2.32. The zero-order valence-electron chi connectivity index (χ0n) is 20.2. The van der Waals surface area contributed by atoms with Gasteiger partial charge in [0.1, 0.15) is 11.6 Å². The van der Waals surface area contributed by atoms with Crippen LogP contribution in [0.25, 0.3) is 0 Å². The molecule has 0 bridgehead atoms. The number of nitrogens with zero attached hydrogens (tertiary/aromatic N) is 1. The lowest BCUT2D eigenvalue weighted by atomic mass is 9.93. The molecule has 0 atom stereocenters. The molecule has 5 nitrogen and oxygen atoms in total. The minimum Gasteiger partial charge on any atom is -0.494 e. The Morgan fingerprint density at radius 1 is 1.06 bits per heavy atom. The monoisotopic (exact) mass is 468 g/mol. The number of carbonyl (C=O) groups excluding carboxylic acids is 2. The Kier molecular flexibility index (Phi) is 10.4. The van der Waals surface area contributed by atoms with Crippen LogP contribution in [0, 0.1) is 11.7 Å². The molecule has 1 N–H and O–H groups in total. The number of rotatable bonds is 12. The molecule has 0 aliphatic carbocycles. The van der Waals surface area contributed by atoms with Crippen molar-refractivity contribution in [1.82, 2.24) is 10.2 Å². The van der Waals surface area contributed by atoms with Crippen molar-refractivity contribution in [3.05, 3.63) is 65.5 Å². The molecule has 0 saturated carbocycles. The van der Waals surface area contributed by atoms with E-state index in [4.69, 9.17) is 4.74 Å². The van der Waals surface area contributed by atoms with E-state index in [0.29, 0.717) is 44.8 Å². The Balaban J connectivity index is 1.29. The largest absolute Gasteiger partial charge is 0.494 e. The van der Waals surface area contributed by atoms with E-state index < -0.39 is 0 Å². The highest BCUT2D eigenvalue weighted by Gasteiger charge is 2.24. The summed E-state index contributed by atoms with van der Waals surface area (Å²) >= 11 is 0. The third-order valence-electron chi connectivity index (χ3n) is 6.38. The molecule has 34 heavy (non-hydrogen) atoms.